The number of rotatable bonds is 6. The van der Waals surface area contributed by atoms with Crippen molar-refractivity contribution in [1.82, 2.24) is 10.9 Å². The van der Waals surface area contributed by atoms with Gasteiger partial charge in [0.2, 0.25) is 5.91 Å². The van der Waals surface area contributed by atoms with Crippen molar-refractivity contribution in [2.75, 3.05) is 29.9 Å². The number of anilines is 2. The quantitative estimate of drug-likeness (QED) is 0.719. The first kappa shape index (κ1) is 18.8. The summed E-state index contributed by atoms with van der Waals surface area (Å²) in [6, 6.07) is 16.0. The Kier molecular flexibility index (Phi) is 5.50. The smallest absolute Gasteiger partial charge is 0.249 e. The Morgan fingerprint density at radius 3 is 2.57 bits per heavy atom. The van der Waals surface area contributed by atoms with E-state index in [-0.39, 0.29) is 18.1 Å². The molecule has 1 amide bonds. The number of carbonyl (C=O) groups is 1. The first-order valence-electron chi connectivity index (χ1n) is 10.0. The van der Waals surface area contributed by atoms with E-state index in [1.165, 1.54) is 5.56 Å². The van der Waals surface area contributed by atoms with E-state index in [1.807, 2.05) is 43.0 Å². The highest BCUT2D eigenvalue weighted by Gasteiger charge is 2.32. The second-order valence-electron chi connectivity index (χ2n) is 7.72. The van der Waals surface area contributed by atoms with E-state index >= 15 is 0 Å². The average Bonchev–Trinajstić information content (AvgIpc) is 3.33. The molecule has 0 spiro atoms. The third-order valence-electron chi connectivity index (χ3n) is 5.25. The molecule has 2 saturated heterocycles. The van der Waals surface area contributed by atoms with Crippen molar-refractivity contribution in [3.8, 4) is 5.75 Å². The lowest BCUT2D eigenvalue weighted by Crippen LogP contribution is -2.33. The van der Waals surface area contributed by atoms with Crippen LogP contribution in [0.5, 0.6) is 5.75 Å². The molecule has 6 nitrogen and oxygen atoms in total. The van der Waals surface area contributed by atoms with Gasteiger partial charge in [-0.25, -0.2) is 0 Å². The maximum absolute atomic E-state index is 12.9. The number of carbonyl (C=O) groups excluding carboxylic acids is 1. The van der Waals surface area contributed by atoms with Gasteiger partial charge in [-0.2, -0.15) is 0 Å². The highest BCUT2D eigenvalue weighted by atomic mass is 16.5. The second kappa shape index (κ2) is 8.20. The van der Waals surface area contributed by atoms with Crippen molar-refractivity contribution < 1.29 is 9.53 Å². The van der Waals surface area contributed by atoms with Crippen LogP contribution in [0.2, 0.25) is 0 Å². The predicted molar refractivity (Wildman–Crippen MR) is 112 cm³/mol. The van der Waals surface area contributed by atoms with Gasteiger partial charge in [0.25, 0.3) is 0 Å². The molecule has 0 aromatic heterocycles. The number of nitrogens with one attached hydrogen (secondary N) is 3. The number of hydrogen-bond acceptors (Lipinski definition) is 5. The third-order valence-corrected chi connectivity index (χ3v) is 5.25. The van der Waals surface area contributed by atoms with Crippen molar-refractivity contribution in [3.63, 3.8) is 0 Å². The molecule has 2 aliphatic rings. The molecule has 4 rings (SSSR count). The topological polar surface area (TPSA) is 65.6 Å². The van der Waals surface area contributed by atoms with Crippen LogP contribution in [0.1, 0.15) is 31.7 Å². The highest BCUT2D eigenvalue weighted by Crippen LogP contribution is 2.27. The van der Waals surface area contributed by atoms with Gasteiger partial charge in [-0.1, -0.05) is 18.2 Å². The normalized spacial score (nSPS) is 20.2. The summed E-state index contributed by atoms with van der Waals surface area (Å²) in [5.74, 6) is 1.42. The molecule has 0 aliphatic carbocycles. The van der Waals surface area contributed by atoms with Crippen molar-refractivity contribution >= 4 is 17.3 Å². The number of hydrogen-bond donors (Lipinski definition) is 3. The molecular formula is C22H28N4O2. The maximum atomic E-state index is 12.9. The fourth-order valence-electron chi connectivity index (χ4n) is 3.83. The van der Waals surface area contributed by atoms with E-state index in [0.29, 0.717) is 5.92 Å². The van der Waals surface area contributed by atoms with Crippen molar-refractivity contribution in [2.24, 2.45) is 0 Å². The average molecular weight is 380 g/mol. The Balaban J connectivity index is 1.41. The number of hydrazine groups is 1. The highest BCUT2D eigenvalue weighted by molar-refractivity contribution is 6.01. The van der Waals surface area contributed by atoms with E-state index in [4.69, 9.17) is 4.74 Å². The SMILES string of the molecule is CC(C)Oc1cccc(NC2CCN(c3ccc(C4CNNC4)cc3)C2=O)c1. The summed E-state index contributed by atoms with van der Waals surface area (Å²) in [6.07, 6.45) is 0.907. The Morgan fingerprint density at radius 1 is 1.11 bits per heavy atom. The molecule has 2 aromatic rings. The van der Waals surface area contributed by atoms with E-state index < -0.39 is 0 Å². The standard InChI is InChI=1S/C22H28N4O2/c1-15(2)28-20-5-3-4-18(12-20)25-21-10-11-26(22(21)27)19-8-6-16(7-9-19)17-13-23-24-14-17/h3-9,12,15,17,21,23-25H,10-11,13-14H2,1-2H3. The first-order valence-corrected chi connectivity index (χ1v) is 10.0. The molecule has 1 atom stereocenters. The molecule has 3 N–H and O–H groups in total. The van der Waals surface area contributed by atoms with Gasteiger partial charge in [-0.3, -0.25) is 15.6 Å². The van der Waals surface area contributed by atoms with Gasteiger partial charge in [0.15, 0.2) is 0 Å². The molecule has 0 radical (unpaired) electrons. The molecule has 2 fully saturated rings. The lowest BCUT2D eigenvalue weighted by Gasteiger charge is -2.19. The lowest BCUT2D eigenvalue weighted by atomic mass is 10.00. The fourth-order valence-corrected chi connectivity index (χ4v) is 3.83. The van der Waals surface area contributed by atoms with Crippen LogP contribution in [0.4, 0.5) is 11.4 Å². The van der Waals surface area contributed by atoms with Crippen LogP contribution in [0.15, 0.2) is 48.5 Å². The van der Waals surface area contributed by atoms with E-state index in [0.717, 1.165) is 43.2 Å². The van der Waals surface area contributed by atoms with Gasteiger partial charge in [0.1, 0.15) is 11.8 Å². The van der Waals surface area contributed by atoms with Crippen molar-refractivity contribution in [1.29, 1.82) is 0 Å². The summed E-state index contributed by atoms with van der Waals surface area (Å²) in [5.41, 5.74) is 9.49. The first-order chi connectivity index (χ1) is 13.6. The van der Waals surface area contributed by atoms with Gasteiger partial charge in [-0.05, 0) is 50.1 Å². The van der Waals surface area contributed by atoms with E-state index in [1.54, 1.807) is 0 Å². The summed E-state index contributed by atoms with van der Waals surface area (Å²) >= 11 is 0. The molecule has 148 valence electrons. The van der Waals surface area contributed by atoms with Crippen LogP contribution in [0, 0.1) is 0 Å². The minimum atomic E-state index is -0.211. The maximum Gasteiger partial charge on any atom is 0.249 e. The predicted octanol–water partition coefficient (Wildman–Crippen LogP) is 2.88. The fraction of sp³-hybridized carbons (Fsp3) is 0.409. The molecule has 28 heavy (non-hydrogen) atoms. The molecule has 2 aromatic carbocycles. The van der Waals surface area contributed by atoms with Crippen LogP contribution in [0.3, 0.4) is 0 Å². The van der Waals surface area contributed by atoms with Gasteiger partial charge in [0, 0.05) is 43.0 Å². The van der Waals surface area contributed by atoms with Crippen LogP contribution < -0.4 is 25.8 Å². The summed E-state index contributed by atoms with van der Waals surface area (Å²) < 4.78 is 5.75. The molecular weight excluding hydrogens is 352 g/mol. The number of benzene rings is 2. The third kappa shape index (κ3) is 4.13. The number of nitrogens with zero attached hydrogens (tertiary/aromatic N) is 1. The molecule has 0 saturated carbocycles. The lowest BCUT2D eigenvalue weighted by molar-refractivity contribution is -0.117. The second-order valence-corrected chi connectivity index (χ2v) is 7.72. The molecule has 6 heteroatoms. The summed E-state index contributed by atoms with van der Waals surface area (Å²) in [5, 5.41) is 3.37. The van der Waals surface area contributed by atoms with Gasteiger partial charge >= 0.3 is 0 Å². The van der Waals surface area contributed by atoms with Gasteiger partial charge in [0.05, 0.1) is 6.10 Å². The van der Waals surface area contributed by atoms with Gasteiger partial charge in [-0.15, -0.1) is 0 Å². The van der Waals surface area contributed by atoms with Gasteiger partial charge < -0.3 is 15.0 Å². The minimum Gasteiger partial charge on any atom is -0.491 e. The van der Waals surface area contributed by atoms with E-state index in [2.05, 4.69) is 40.4 Å². The monoisotopic (exact) mass is 380 g/mol. The summed E-state index contributed by atoms with van der Waals surface area (Å²) in [7, 11) is 0. The minimum absolute atomic E-state index is 0.118. The molecule has 1 unspecified atom stereocenters. The zero-order valence-electron chi connectivity index (χ0n) is 16.4. The number of amides is 1. The summed E-state index contributed by atoms with van der Waals surface area (Å²) in [4.78, 5) is 14.8. The molecule has 2 aliphatic heterocycles. The Hall–Kier alpha value is -2.57. The van der Waals surface area contributed by atoms with Crippen LogP contribution in [-0.2, 0) is 4.79 Å². The Morgan fingerprint density at radius 2 is 1.86 bits per heavy atom. The summed E-state index contributed by atoms with van der Waals surface area (Å²) in [6.45, 7) is 6.61. The van der Waals surface area contributed by atoms with Crippen LogP contribution in [0.25, 0.3) is 0 Å². The van der Waals surface area contributed by atoms with Crippen LogP contribution >= 0.6 is 0 Å². The Bertz CT molecular complexity index is 816. The van der Waals surface area contributed by atoms with Crippen LogP contribution in [-0.4, -0.2) is 37.7 Å². The Labute approximate surface area is 166 Å². The largest absolute Gasteiger partial charge is 0.491 e. The van der Waals surface area contributed by atoms with E-state index in [9.17, 15) is 4.79 Å². The molecule has 2 heterocycles. The zero-order chi connectivity index (χ0) is 19.5. The number of ether oxygens (including phenoxy) is 1. The van der Waals surface area contributed by atoms with Crippen molar-refractivity contribution in [2.45, 2.75) is 38.3 Å². The van der Waals surface area contributed by atoms with Crippen molar-refractivity contribution in [3.05, 3.63) is 54.1 Å². The zero-order valence-corrected chi connectivity index (χ0v) is 16.4. The molecule has 0 bridgehead atoms.